The summed E-state index contributed by atoms with van der Waals surface area (Å²) < 4.78 is 0. The fourth-order valence-electron chi connectivity index (χ4n) is 0.975. The molecule has 0 aliphatic carbocycles. The Morgan fingerprint density at radius 3 is 2.79 bits per heavy atom. The zero-order chi connectivity index (χ0) is 10.6. The Balaban J connectivity index is 2.98. The van der Waals surface area contributed by atoms with E-state index in [1.54, 1.807) is 25.1 Å². The Labute approximate surface area is 93.0 Å². The molecule has 0 N–H and O–H groups in total. The molecule has 0 aliphatic heterocycles. The molecule has 1 aromatic carbocycles. The first-order valence-electron chi connectivity index (χ1n) is 4.03. The molecule has 0 aliphatic rings. The van der Waals surface area contributed by atoms with Gasteiger partial charge in [0, 0.05) is 10.6 Å². The van der Waals surface area contributed by atoms with Crippen molar-refractivity contribution in [3.05, 3.63) is 33.8 Å². The summed E-state index contributed by atoms with van der Waals surface area (Å²) >= 11 is 11.6. The van der Waals surface area contributed by atoms with Crippen LogP contribution in [0.4, 0.5) is 0 Å². The molecule has 1 nitrogen and oxygen atoms in total. The van der Waals surface area contributed by atoms with Gasteiger partial charge < -0.3 is 0 Å². The van der Waals surface area contributed by atoms with E-state index in [4.69, 9.17) is 23.2 Å². The van der Waals surface area contributed by atoms with Crippen molar-refractivity contribution in [2.24, 2.45) is 0 Å². The lowest BCUT2D eigenvalue weighted by Crippen LogP contribution is -1.98. The molecule has 0 amide bonds. The summed E-state index contributed by atoms with van der Waals surface area (Å²) in [5.74, 6) is 5.24. The van der Waals surface area contributed by atoms with E-state index in [0.29, 0.717) is 15.6 Å². The summed E-state index contributed by atoms with van der Waals surface area (Å²) in [4.78, 5) is 11.5. The predicted octanol–water partition coefficient (Wildman–Crippen LogP) is 3.59. The normalized spacial score (nSPS) is 9.07. The van der Waals surface area contributed by atoms with E-state index in [1.165, 1.54) is 0 Å². The van der Waals surface area contributed by atoms with E-state index >= 15 is 0 Å². The number of Topliss-reactive ketones (excluding diaryl/α,β-unsaturated/α-hetero) is 1. The molecule has 0 saturated carbocycles. The van der Waals surface area contributed by atoms with Gasteiger partial charge in [-0.05, 0) is 25.1 Å². The highest BCUT2D eigenvalue weighted by molar-refractivity contribution is 6.35. The van der Waals surface area contributed by atoms with Gasteiger partial charge in [0.05, 0.1) is 11.4 Å². The molecule has 0 unspecified atom stereocenters. The molecular weight excluding hydrogens is 219 g/mol. The number of hydrogen-bond acceptors (Lipinski definition) is 1. The van der Waals surface area contributed by atoms with Crippen LogP contribution in [0.25, 0.3) is 0 Å². The van der Waals surface area contributed by atoms with Crippen LogP contribution in [0.15, 0.2) is 18.2 Å². The number of carbonyl (C=O) groups is 1. The lowest BCUT2D eigenvalue weighted by Gasteiger charge is -2.00. The summed E-state index contributed by atoms with van der Waals surface area (Å²) in [5, 5.41) is 0.916. The van der Waals surface area contributed by atoms with E-state index in [-0.39, 0.29) is 12.2 Å². The van der Waals surface area contributed by atoms with Crippen LogP contribution in [-0.2, 0) is 0 Å². The average Bonchev–Trinajstić information content (AvgIpc) is 2.18. The van der Waals surface area contributed by atoms with Crippen molar-refractivity contribution in [2.45, 2.75) is 13.3 Å². The van der Waals surface area contributed by atoms with Gasteiger partial charge in [0.25, 0.3) is 0 Å². The first kappa shape index (κ1) is 11.1. The Bertz CT molecular complexity index is 413. The second-order valence-electron chi connectivity index (χ2n) is 2.65. The molecule has 14 heavy (non-hydrogen) atoms. The van der Waals surface area contributed by atoms with Gasteiger partial charge in [-0.3, -0.25) is 4.79 Å². The Morgan fingerprint density at radius 2 is 2.14 bits per heavy atom. The second-order valence-corrected chi connectivity index (χ2v) is 3.49. The fraction of sp³-hybridized carbons (Fsp3) is 0.182. The largest absolute Gasteiger partial charge is 0.293 e. The number of rotatable bonds is 2. The maximum atomic E-state index is 11.5. The van der Waals surface area contributed by atoms with Gasteiger partial charge in [-0.25, -0.2) is 0 Å². The fourth-order valence-corrected chi connectivity index (χ4v) is 1.37. The third-order valence-electron chi connectivity index (χ3n) is 1.65. The molecule has 3 heteroatoms. The molecule has 1 rings (SSSR count). The maximum Gasteiger partial charge on any atom is 0.176 e. The Kier molecular flexibility index (Phi) is 4.00. The number of carbonyl (C=O) groups excluding carboxylic acids is 1. The van der Waals surface area contributed by atoms with Crippen molar-refractivity contribution in [1.29, 1.82) is 0 Å². The molecule has 0 fully saturated rings. The summed E-state index contributed by atoms with van der Waals surface area (Å²) in [6.45, 7) is 1.69. The van der Waals surface area contributed by atoms with E-state index in [1.807, 2.05) is 0 Å². The van der Waals surface area contributed by atoms with Crippen LogP contribution in [0.1, 0.15) is 23.7 Å². The minimum Gasteiger partial charge on any atom is -0.293 e. The molecule has 1 aromatic rings. The van der Waals surface area contributed by atoms with Crippen LogP contribution >= 0.6 is 23.2 Å². The number of ketones is 1. The zero-order valence-corrected chi connectivity index (χ0v) is 9.12. The quantitative estimate of drug-likeness (QED) is 0.557. The van der Waals surface area contributed by atoms with Gasteiger partial charge in [-0.2, -0.15) is 0 Å². The van der Waals surface area contributed by atoms with Crippen LogP contribution in [0.5, 0.6) is 0 Å². The summed E-state index contributed by atoms with van der Waals surface area (Å²) in [6, 6.07) is 4.81. The SMILES string of the molecule is CC#CCC(=O)c1cc(Cl)ccc1Cl. The van der Waals surface area contributed by atoms with Crippen LogP contribution in [-0.4, -0.2) is 5.78 Å². The maximum absolute atomic E-state index is 11.5. The molecule has 0 bridgehead atoms. The molecule has 0 heterocycles. The first-order chi connectivity index (χ1) is 6.65. The van der Waals surface area contributed by atoms with Gasteiger partial charge in [-0.15, -0.1) is 5.92 Å². The lowest BCUT2D eigenvalue weighted by molar-refractivity contribution is 0.0998. The lowest BCUT2D eigenvalue weighted by atomic mass is 10.1. The van der Waals surface area contributed by atoms with E-state index in [0.717, 1.165) is 0 Å². The highest BCUT2D eigenvalue weighted by Gasteiger charge is 2.09. The van der Waals surface area contributed by atoms with Gasteiger partial charge in [0.15, 0.2) is 5.78 Å². The van der Waals surface area contributed by atoms with Crippen molar-refractivity contribution in [3.8, 4) is 11.8 Å². The highest BCUT2D eigenvalue weighted by atomic mass is 35.5. The number of halogens is 2. The van der Waals surface area contributed by atoms with Gasteiger partial charge in [0.1, 0.15) is 0 Å². The Morgan fingerprint density at radius 1 is 1.43 bits per heavy atom. The van der Waals surface area contributed by atoms with E-state index < -0.39 is 0 Å². The van der Waals surface area contributed by atoms with Crippen molar-refractivity contribution in [3.63, 3.8) is 0 Å². The summed E-state index contributed by atoms with van der Waals surface area (Å²) in [6.07, 6.45) is 0.177. The van der Waals surface area contributed by atoms with Gasteiger partial charge in [-0.1, -0.05) is 29.1 Å². The Hall–Kier alpha value is -0.970. The smallest absolute Gasteiger partial charge is 0.176 e. The van der Waals surface area contributed by atoms with Crippen molar-refractivity contribution in [2.75, 3.05) is 0 Å². The number of hydrogen-bond donors (Lipinski definition) is 0. The molecule has 0 saturated heterocycles. The molecule has 0 aromatic heterocycles. The van der Waals surface area contributed by atoms with E-state index in [9.17, 15) is 4.79 Å². The summed E-state index contributed by atoms with van der Waals surface area (Å²) in [5.41, 5.74) is 0.432. The minimum atomic E-state index is -0.105. The summed E-state index contributed by atoms with van der Waals surface area (Å²) in [7, 11) is 0. The minimum absolute atomic E-state index is 0.105. The van der Waals surface area contributed by atoms with Gasteiger partial charge >= 0.3 is 0 Å². The topological polar surface area (TPSA) is 17.1 Å². The van der Waals surface area contributed by atoms with Crippen molar-refractivity contribution in [1.82, 2.24) is 0 Å². The number of benzene rings is 1. The molecular formula is C11H8Cl2O. The predicted molar refractivity (Wildman–Crippen MR) is 58.9 cm³/mol. The van der Waals surface area contributed by atoms with Crippen LogP contribution < -0.4 is 0 Å². The average molecular weight is 227 g/mol. The van der Waals surface area contributed by atoms with Crippen molar-refractivity contribution < 1.29 is 4.79 Å². The third-order valence-corrected chi connectivity index (χ3v) is 2.22. The van der Waals surface area contributed by atoms with E-state index in [2.05, 4.69) is 11.8 Å². The molecule has 0 radical (unpaired) electrons. The molecule has 0 atom stereocenters. The van der Waals surface area contributed by atoms with Crippen molar-refractivity contribution >= 4 is 29.0 Å². The third kappa shape index (κ3) is 2.77. The van der Waals surface area contributed by atoms with Gasteiger partial charge in [0.2, 0.25) is 0 Å². The van der Waals surface area contributed by atoms with Crippen LogP contribution in [0, 0.1) is 11.8 Å². The van der Waals surface area contributed by atoms with Crippen LogP contribution in [0.2, 0.25) is 10.0 Å². The zero-order valence-electron chi connectivity index (χ0n) is 7.60. The molecule has 0 spiro atoms. The standard InChI is InChI=1S/C11H8Cl2O/c1-2-3-4-11(14)9-7-8(12)5-6-10(9)13/h5-7H,4H2,1H3. The highest BCUT2D eigenvalue weighted by Crippen LogP contribution is 2.21. The molecule has 72 valence electrons. The monoisotopic (exact) mass is 226 g/mol. The second kappa shape index (κ2) is 5.05. The van der Waals surface area contributed by atoms with Crippen LogP contribution in [0.3, 0.4) is 0 Å². The first-order valence-corrected chi connectivity index (χ1v) is 4.78.